The molecule has 2 unspecified atom stereocenters. The predicted molar refractivity (Wildman–Crippen MR) is 181 cm³/mol. The lowest BCUT2D eigenvalue weighted by Gasteiger charge is -2.26. The fourth-order valence-electron chi connectivity index (χ4n) is 7.06. The Morgan fingerprint density at radius 1 is 0.535 bits per heavy atom. The Morgan fingerprint density at radius 3 is 1.74 bits per heavy atom. The van der Waals surface area contributed by atoms with Gasteiger partial charge in [-0.25, -0.2) is 0 Å². The summed E-state index contributed by atoms with van der Waals surface area (Å²) >= 11 is 0. The highest BCUT2D eigenvalue weighted by Crippen LogP contribution is 2.46. The van der Waals surface area contributed by atoms with E-state index in [4.69, 9.17) is 4.98 Å². The first kappa shape index (κ1) is 25.6. The van der Waals surface area contributed by atoms with Crippen molar-refractivity contribution in [3.8, 4) is 33.5 Å². The van der Waals surface area contributed by atoms with Crippen LogP contribution in [0.15, 0.2) is 140 Å². The van der Waals surface area contributed by atoms with Gasteiger partial charge in [0.2, 0.25) is 0 Å². The van der Waals surface area contributed by atoms with Gasteiger partial charge in [-0.2, -0.15) is 0 Å². The Morgan fingerprint density at radius 2 is 1.14 bits per heavy atom. The average Bonchev–Trinajstić information content (AvgIpc) is 3.08. The number of allylic oxidation sites excluding steroid dienone is 2. The summed E-state index contributed by atoms with van der Waals surface area (Å²) in [6, 6.07) is 39.8. The van der Waals surface area contributed by atoms with Gasteiger partial charge in [-0.1, -0.05) is 110 Å². The van der Waals surface area contributed by atoms with E-state index in [1.54, 1.807) is 0 Å². The van der Waals surface area contributed by atoms with Crippen molar-refractivity contribution in [3.63, 3.8) is 0 Å². The van der Waals surface area contributed by atoms with Crippen LogP contribution in [-0.2, 0) is 0 Å². The number of hydrogen-bond donors (Lipinski definition) is 0. The minimum atomic E-state index is 0.431. The maximum Gasteiger partial charge on any atom is 0.0708 e. The fourth-order valence-corrected chi connectivity index (χ4v) is 7.06. The van der Waals surface area contributed by atoms with Crippen LogP contribution in [0.2, 0.25) is 0 Å². The van der Waals surface area contributed by atoms with Gasteiger partial charge in [0.15, 0.2) is 0 Å². The van der Waals surface area contributed by atoms with Crippen molar-refractivity contribution in [2.45, 2.75) is 25.7 Å². The molecular weight excluding hydrogens is 520 g/mol. The normalized spacial score (nSPS) is 16.7. The second kappa shape index (κ2) is 10.6. The highest BCUT2D eigenvalue weighted by atomic mass is 14.7. The minimum absolute atomic E-state index is 0.431. The van der Waals surface area contributed by atoms with E-state index >= 15 is 0 Å². The Hall–Kier alpha value is -5.08. The van der Waals surface area contributed by atoms with Crippen molar-refractivity contribution >= 4 is 32.3 Å². The number of aromatic nitrogens is 2. The van der Waals surface area contributed by atoms with E-state index in [1.165, 1.54) is 61.8 Å². The van der Waals surface area contributed by atoms with Crippen molar-refractivity contribution in [1.82, 2.24) is 9.97 Å². The zero-order valence-corrected chi connectivity index (χ0v) is 24.2. The van der Waals surface area contributed by atoms with Crippen LogP contribution >= 0.6 is 0 Å². The number of benzene rings is 5. The molecule has 2 heteroatoms. The van der Waals surface area contributed by atoms with Gasteiger partial charge in [0.25, 0.3) is 0 Å². The molecule has 2 aromatic heterocycles. The maximum atomic E-state index is 4.92. The fraction of sp³-hybridized carbons (Fsp3) is 0.122. The van der Waals surface area contributed by atoms with E-state index in [2.05, 4.69) is 121 Å². The Kier molecular flexibility index (Phi) is 6.34. The summed E-state index contributed by atoms with van der Waals surface area (Å²) < 4.78 is 0. The molecule has 43 heavy (non-hydrogen) atoms. The molecule has 2 atom stereocenters. The van der Waals surface area contributed by atoms with E-state index in [-0.39, 0.29) is 0 Å². The molecule has 1 aliphatic rings. The van der Waals surface area contributed by atoms with Gasteiger partial charge < -0.3 is 0 Å². The van der Waals surface area contributed by atoms with E-state index in [0.29, 0.717) is 11.8 Å². The molecule has 5 aromatic carbocycles. The standard InChI is InChI=1S/C41H32N2/c1-27-14-16-29(17-15-27)40-34-10-4-6-12-36(34)41(37-13-7-5-11-35(37)40)38-20-19-33(31-8-2-3-9-32(31)38)39-21-18-30(26-43-39)28-22-24-42-25-23-28/h2-14,16,18-27,29H,15,17H2,1H3. The second-order valence-corrected chi connectivity index (χ2v) is 11.8. The molecule has 0 N–H and O–H groups in total. The number of hydrogen-bond acceptors (Lipinski definition) is 2. The van der Waals surface area contributed by atoms with Crippen LogP contribution in [0, 0.1) is 5.92 Å². The minimum Gasteiger partial charge on any atom is -0.265 e. The van der Waals surface area contributed by atoms with Crippen molar-refractivity contribution in [1.29, 1.82) is 0 Å². The molecule has 0 spiro atoms. The van der Waals surface area contributed by atoms with Crippen molar-refractivity contribution < 1.29 is 0 Å². The third kappa shape index (κ3) is 4.42. The summed E-state index contributed by atoms with van der Waals surface area (Å²) in [5.74, 6) is 1.08. The predicted octanol–water partition coefficient (Wildman–Crippen LogP) is 11.0. The van der Waals surface area contributed by atoms with Gasteiger partial charge in [0, 0.05) is 35.6 Å². The van der Waals surface area contributed by atoms with E-state index in [9.17, 15) is 0 Å². The van der Waals surface area contributed by atoms with Gasteiger partial charge >= 0.3 is 0 Å². The number of pyridine rings is 2. The molecule has 0 fully saturated rings. The van der Waals surface area contributed by atoms with Crippen LogP contribution in [0.5, 0.6) is 0 Å². The lowest BCUT2D eigenvalue weighted by molar-refractivity contribution is 0.548. The molecule has 2 nitrogen and oxygen atoms in total. The molecule has 2 heterocycles. The lowest BCUT2D eigenvalue weighted by atomic mass is 9.78. The summed E-state index contributed by atoms with van der Waals surface area (Å²) in [5, 5.41) is 7.82. The molecule has 1 aliphatic carbocycles. The van der Waals surface area contributed by atoms with Gasteiger partial charge in [0.05, 0.1) is 5.69 Å². The molecule has 0 saturated heterocycles. The summed E-state index contributed by atoms with van der Waals surface area (Å²) in [7, 11) is 0. The van der Waals surface area contributed by atoms with Gasteiger partial charge in [-0.15, -0.1) is 0 Å². The monoisotopic (exact) mass is 552 g/mol. The van der Waals surface area contributed by atoms with Crippen molar-refractivity contribution in [2.24, 2.45) is 5.92 Å². The van der Waals surface area contributed by atoms with Gasteiger partial charge in [0.1, 0.15) is 0 Å². The molecule has 7 aromatic rings. The molecule has 0 radical (unpaired) electrons. The zero-order valence-electron chi connectivity index (χ0n) is 24.2. The molecule has 0 aliphatic heterocycles. The second-order valence-electron chi connectivity index (χ2n) is 11.8. The number of rotatable bonds is 4. The topological polar surface area (TPSA) is 25.8 Å². The maximum absolute atomic E-state index is 4.92. The summed E-state index contributed by atoms with van der Waals surface area (Å²) in [5.41, 5.74) is 8.38. The summed E-state index contributed by atoms with van der Waals surface area (Å²) in [6.45, 7) is 2.33. The Labute approximate surface area is 252 Å². The Balaban J connectivity index is 1.35. The summed E-state index contributed by atoms with van der Waals surface area (Å²) in [4.78, 5) is 9.07. The first-order valence-corrected chi connectivity index (χ1v) is 15.3. The van der Waals surface area contributed by atoms with Gasteiger partial charge in [-0.05, 0) is 91.5 Å². The van der Waals surface area contributed by atoms with E-state index < -0.39 is 0 Å². The van der Waals surface area contributed by atoms with Crippen LogP contribution < -0.4 is 0 Å². The highest BCUT2D eigenvalue weighted by Gasteiger charge is 2.23. The van der Waals surface area contributed by atoms with Crippen LogP contribution in [0.25, 0.3) is 65.8 Å². The molecule has 0 amide bonds. The number of fused-ring (bicyclic) bond motifs is 3. The third-order valence-corrected chi connectivity index (χ3v) is 9.20. The smallest absolute Gasteiger partial charge is 0.0708 e. The van der Waals surface area contributed by atoms with Crippen LogP contribution in [0.4, 0.5) is 0 Å². The highest BCUT2D eigenvalue weighted by molar-refractivity contribution is 6.19. The lowest BCUT2D eigenvalue weighted by Crippen LogP contribution is -2.06. The molecule has 8 rings (SSSR count). The average molecular weight is 553 g/mol. The first-order chi connectivity index (χ1) is 21.3. The molecular formula is C41H32N2. The van der Waals surface area contributed by atoms with Crippen molar-refractivity contribution in [3.05, 3.63) is 146 Å². The largest absolute Gasteiger partial charge is 0.265 e. The van der Waals surface area contributed by atoms with Crippen LogP contribution in [0.3, 0.4) is 0 Å². The first-order valence-electron chi connectivity index (χ1n) is 15.3. The SMILES string of the molecule is CC1C=CC(c2c3ccccc3c(-c3ccc(-c4ccc(-c5ccncc5)cn4)c4ccccc34)c3ccccc23)CC1. The van der Waals surface area contributed by atoms with E-state index in [1.807, 2.05) is 30.7 Å². The molecule has 0 saturated carbocycles. The van der Waals surface area contributed by atoms with Gasteiger partial charge in [-0.3, -0.25) is 9.97 Å². The van der Waals surface area contributed by atoms with Crippen LogP contribution in [-0.4, -0.2) is 9.97 Å². The summed E-state index contributed by atoms with van der Waals surface area (Å²) in [6.07, 6.45) is 12.9. The quantitative estimate of drug-likeness (QED) is 0.160. The third-order valence-electron chi connectivity index (χ3n) is 9.20. The van der Waals surface area contributed by atoms with Crippen molar-refractivity contribution in [2.75, 3.05) is 0 Å². The Bertz CT molecular complexity index is 2090. The van der Waals surface area contributed by atoms with E-state index in [0.717, 1.165) is 22.4 Å². The van der Waals surface area contributed by atoms with Crippen LogP contribution in [0.1, 0.15) is 31.2 Å². The molecule has 0 bridgehead atoms. The molecule has 206 valence electrons. The zero-order chi connectivity index (χ0) is 28.8. The number of nitrogens with zero attached hydrogens (tertiary/aromatic N) is 2.